The summed E-state index contributed by atoms with van der Waals surface area (Å²) in [7, 11) is 0. The summed E-state index contributed by atoms with van der Waals surface area (Å²) in [6, 6.07) is 25.5. The fourth-order valence-corrected chi connectivity index (χ4v) is 5.40. The molecule has 0 radical (unpaired) electrons. The highest BCUT2D eigenvalue weighted by atomic mass is 35.5. The minimum absolute atomic E-state index is 0.138. The molecule has 8 heteroatoms. The molecule has 1 aromatic heterocycles. The maximum Gasteiger partial charge on any atom is 0.257 e. The molecule has 3 aromatic carbocycles. The van der Waals surface area contributed by atoms with Gasteiger partial charge in [0, 0.05) is 37.3 Å². The van der Waals surface area contributed by atoms with Crippen LogP contribution in [0.2, 0.25) is 5.02 Å². The zero-order chi connectivity index (χ0) is 25.6. The summed E-state index contributed by atoms with van der Waals surface area (Å²) < 4.78 is 6.15. The number of amides is 1. The van der Waals surface area contributed by atoms with Crippen molar-refractivity contribution in [2.45, 2.75) is 12.1 Å². The molecule has 5 rings (SSSR count). The van der Waals surface area contributed by atoms with Crippen LogP contribution in [-0.4, -0.2) is 54.3 Å². The van der Waals surface area contributed by atoms with Gasteiger partial charge in [-0.15, -0.1) is 0 Å². The third-order valence-corrected chi connectivity index (χ3v) is 7.55. The minimum atomic E-state index is -0.138. The smallest absolute Gasteiger partial charge is 0.257 e. The van der Waals surface area contributed by atoms with Gasteiger partial charge in [-0.25, -0.2) is 4.98 Å². The predicted octanol–water partition coefficient (Wildman–Crippen LogP) is 6.53. The van der Waals surface area contributed by atoms with Crippen molar-refractivity contribution >= 4 is 40.6 Å². The van der Waals surface area contributed by atoms with Crippen molar-refractivity contribution in [2.75, 3.05) is 48.7 Å². The number of thioether (sulfide) groups is 1. The van der Waals surface area contributed by atoms with E-state index in [9.17, 15) is 4.79 Å². The summed E-state index contributed by atoms with van der Waals surface area (Å²) in [5, 5.41) is 4.16. The molecule has 0 saturated carbocycles. The van der Waals surface area contributed by atoms with Gasteiger partial charge in [0.05, 0.1) is 22.2 Å². The van der Waals surface area contributed by atoms with Gasteiger partial charge in [0.2, 0.25) is 5.91 Å². The Kier molecular flexibility index (Phi) is 8.14. The number of halogens is 1. The third-order valence-electron chi connectivity index (χ3n) is 6.41. The van der Waals surface area contributed by atoms with Gasteiger partial charge in [-0.3, -0.25) is 4.79 Å². The first kappa shape index (κ1) is 25.4. The maximum absolute atomic E-state index is 13.0. The van der Waals surface area contributed by atoms with Crippen LogP contribution in [0, 0.1) is 0 Å². The Bertz CT molecular complexity index is 1280. The molecule has 0 atom stereocenters. The van der Waals surface area contributed by atoms with E-state index in [0.29, 0.717) is 16.0 Å². The van der Waals surface area contributed by atoms with Crippen molar-refractivity contribution in [1.82, 2.24) is 9.88 Å². The van der Waals surface area contributed by atoms with Crippen LogP contribution in [0.15, 0.2) is 88.5 Å². The Labute approximate surface area is 226 Å². The van der Waals surface area contributed by atoms with Gasteiger partial charge in [-0.05, 0) is 18.7 Å². The molecule has 0 spiro atoms. The number of para-hydroxylation sites is 1. The van der Waals surface area contributed by atoms with Gasteiger partial charge in [0.1, 0.15) is 5.69 Å². The number of oxazole rings is 1. The SMILES string of the molecule is CCN1CCN(c2c(Cl)cccc2NC(=O)CSc2nc(-c3ccccc3)c(-c3ccccc3)o2)CC1. The summed E-state index contributed by atoms with van der Waals surface area (Å²) in [5.74, 6) is 0.720. The fourth-order valence-electron chi connectivity index (χ4n) is 4.48. The molecular weight excluding hydrogens is 504 g/mol. The number of piperazine rings is 1. The molecule has 6 nitrogen and oxygen atoms in total. The molecule has 1 fully saturated rings. The highest BCUT2D eigenvalue weighted by Gasteiger charge is 2.22. The molecule has 190 valence electrons. The summed E-state index contributed by atoms with van der Waals surface area (Å²) in [6.45, 7) is 6.90. The standard InChI is InChI=1S/C29H29ClN4O2S/c1-2-33-16-18-34(19-17-33)27-23(30)14-9-15-24(27)31-25(35)20-37-29-32-26(21-10-5-3-6-11-21)28(36-29)22-12-7-4-8-13-22/h3-15H,2,16-20H2,1H3,(H,31,35). The molecule has 1 aliphatic rings. The van der Waals surface area contributed by atoms with Crippen LogP contribution in [0.3, 0.4) is 0 Å². The Balaban J connectivity index is 1.31. The Hall–Kier alpha value is -3.26. The Morgan fingerprint density at radius 3 is 2.30 bits per heavy atom. The van der Waals surface area contributed by atoms with E-state index in [-0.39, 0.29) is 11.7 Å². The summed E-state index contributed by atoms with van der Waals surface area (Å²) in [4.78, 5) is 22.4. The molecule has 37 heavy (non-hydrogen) atoms. The number of nitrogens with zero attached hydrogens (tertiary/aromatic N) is 3. The molecule has 4 aromatic rings. The van der Waals surface area contributed by atoms with Crippen LogP contribution in [-0.2, 0) is 4.79 Å². The van der Waals surface area contributed by atoms with E-state index < -0.39 is 0 Å². The first-order valence-corrected chi connectivity index (χ1v) is 13.8. The average molecular weight is 533 g/mol. The summed E-state index contributed by atoms with van der Waals surface area (Å²) >= 11 is 7.87. The van der Waals surface area contributed by atoms with Crippen molar-refractivity contribution in [1.29, 1.82) is 0 Å². The van der Waals surface area contributed by atoms with Gasteiger partial charge >= 0.3 is 0 Å². The highest BCUT2D eigenvalue weighted by Crippen LogP contribution is 2.37. The second-order valence-electron chi connectivity index (χ2n) is 8.78. The van der Waals surface area contributed by atoms with Gasteiger partial charge in [0.15, 0.2) is 5.76 Å². The van der Waals surface area contributed by atoms with E-state index in [4.69, 9.17) is 21.0 Å². The van der Waals surface area contributed by atoms with E-state index in [0.717, 1.165) is 60.9 Å². The normalized spacial score (nSPS) is 14.1. The zero-order valence-corrected chi connectivity index (χ0v) is 22.3. The first-order valence-electron chi connectivity index (χ1n) is 12.4. The predicted molar refractivity (Wildman–Crippen MR) is 153 cm³/mol. The van der Waals surface area contributed by atoms with Crippen molar-refractivity contribution in [3.63, 3.8) is 0 Å². The van der Waals surface area contributed by atoms with E-state index in [1.54, 1.807) is 0 Å². The van der Waals surface area contributed by atoms with E-state index >= 15 is 0 Å². The Morgan fingerprint density at radius 2 is 1.62 bits per heavy atom. The molecule has 1 aliphatic heterocycles. The van der Waals surface area contributed by atoms with Crippen LogP contribution < -0.4 is 10.2 Å². The molecule has 2 heterocycles. The van der Waals surface area contributed by atoms with Gasteiger partial charge in [-0.1, -0.05) is 97.0 Å². The lowest BCUT2D eigenvalue weighted by Crippen LogP contribution is -2.46. The zero-order valence-electron chi connectivity index (χ0n) is 20.7. The number of benzene rings is 3. The summed E-state index contributed by atoms with van der Waals surface area (Å²) in [5.41, 5.74) is 4.28. The van der Waals surface area contributed by atoms with Crippen molar-refractivity contribution in [3.05, 3.63) is 83.9 Å². The fraction of sp³-hybridized carbons (Fsp3) is 0.241. The van der Waals surface area contributed by atoms with Crippen LogP contribution in [0.4, 0.5) is 11.4 Å². The van der Waals surface area contributed by atoms with Crippen molar-refractivity contribution < 1.29 is 9.21 Å². The topological polar surface area (TPSA) is 61.6 Å². The van der Waals surface area contributed by atoms with Crippen LogP contribution in [0.1, 0.15) is 6.92 Å². The molecule has 1 saturated heterocycles. The number of aromatic nitrogens is 1. The lowest BCUT2D eigenvalue weighted by atomic mass is 10.1. The number of carbonyl (C=O) groups excluding carboxylic acids is 1. The summed E-state index contributed by atoms with van der Waals surface area (Å²) in [6.07, 6.45) is 0. The molecule has 1 N–H and O–H groups in total. The Morgan fingerprint density at radius 1 is 0.946 bits per heavy atom. The molecule has 1 amide bonds. The van der Waals surface area contributed by atoms with Gasteiger partial charge in [0.25, 0.3) is 5.22 Å². The van der Waals surface area contributed by atoms with E-state index in [2.05, 4.69) is 22.0 Å². The monoisotopic (exact) mass is 532 g/mol. The lowest BCUT2D eigenvalue weighted by molar-refractivity contribution is -0.113. The van der Waals surface area contributed by atoms with Crippen molar-refractivity contribution in [3.8, 4) is 22.6 Å². The quantitative estimate of drug-likeness (QED) is 0.260. The number of hydrogen-bond donors (Lipinski definition) is 1. The van der Waals surface area contributed by atoms with E-state index in [1.807, 2.05) is 78.9 Å². The largest absolute Gasteiger partial charge is 0.431 e. The van der Waals surface area contributed by atoms with Crippen LogP contribution >= 0.6 is 23.4 Å². The van der Waals surface area contributed by atoms with Gasteiger partial charge < -0.3 is 19.5 Å². The first-order chi connectivity index (χ1) is 18.1. The second kappa shape index (κ2) is 11.9. The molecular formula is C29H29ClN4O2S. The number of hydrogen-bond acceptors (Lipinski definition) is 6. The number of carbonyl (C=O) groups is 1. The molecule has 0 bridgehead atoms. The second-order valence-corrected chi connectivity index (χ2v) is 10.1. The number of anilines is 2. The third kappa shape index (κ3) is 6.01. The van der Waals surface area contributed by atoms with E-state index in [1.165, 1.54) is 11.8 Å². The number of nitrogens with one attached hydrogen (secondary N) is 1. The molecule has 0 aliphatic carbocycles. The van der Waals surface area contributed by atoms with Gasteiger partial charge in [-0.2, -0.15) is 0 Å². The minimum Gasteiger partial charge on any atom is -0.431 e. The molecule has 0 unspecified atom stereocenters. The maximum atomic E-state index is 13.0. The highest BCUT2D eigenvalue weighted by molar-refractivity contribution is 7.99. The van der Waals surface area contributed by atoms with Crippen LogP contribution in [0.5, 0.6) is 0 Å². The lowest BCUT2D eigenvalue weighted by Gasteiger charge is -2.36. The van der Waals surface area contributed by atoms with Crippen LogP contribution in [0.25, 0.3) is 22.6 Å². The number of likely N-dealkylation sites (N-methyl/N-ethyl adjacent to an activating group) is 1. The average Bonchev–Trinajstić information content (AvgIpc) is 3.38. The number of rotatable bonds is 8. The van der Waals surface area contributed by atoms with Crippen molar-refractivity contribution in [2.24, 2.45) is 0 Å².